The standard InChI is InChI=1S/C11H24N2O2/c1-6-10(2,3)13-9(14)7-12-8-11(4,5)15/h12,15H,6-8H2,1-5H3,(H,13,14). The quantitative estimate of drug-likeness (QED) is 0.611. The first-order valence-electron chi connectivity index (χ1n) is 5.40. The summed E-state index contributed by atoms with van der Waals surface area (Å²) in [5.41, 5.74) is -0.936. The molecule has 4 heteroatoms. The van der Waals surface area contributed by atoms with Gasteiger partial charge in [0.15, 0.2) is 0 Å². The molecule has 0 aromatic carbocycles. The molecular weight excluding hydrogens is 192 g/mol. The molecule has 0 atom stereocenters. The van der Waals surface area contributed by atoms with Crippen LogP contribution in [0.1, 0.15) is 41.0 Å². The summed E-state index contributed by atoms with van der Waals surface area (Å²) in [6, 6.07) is 0. The molecule has 0 spiro atoms. The molecule has 0 saturated heterocycles. The van der Waals surface area contributed by atoms with Crippen LogP contribution in [0.4, 0.5) is 0 Å². The van der Waals surface area contributed by atoms with E-state index < -0.39 is 5.60 Å². The lowest BCUT2D eigenvalue weighted by Crippen LogP contribution is -2.48. The van der Waals surface area contributed by atoms with Gasteiger partial charge in [0.05, 0.1) is 12.1 Å². The third-order valence-electron chi connectivity index (χ3n) is 2.20. The largest absolute Gasteiger partial charge is 0.389 e. The Hall–Kier alpha value is -0.610. The monoisotopic (exact) mass is 216 g/mol. The highest BCUT2D eigenvalue weighted by Gasteiger charge is 2.18. The van der Waals surface area contributed by atoms with Gasteiger partial charge in [0.2, 0.25) is 5.91 Å². The Labute approximate surface area is 92.4 Å². The Balaban J connectivity index is 3.77. The van der Waals surface area contributed by atoms with E-state index >= 15 is 0 Å². The van der Waals surface area contributed by atoms with Crippen LogP contribution in [0.15, 0.2) is 0 Å². The topological polar surface area (TPSA) is 61.4 Å². The second kappa shape index (κ2) is 5.47. The Morgan fingerprint density at radius 3 is 2.20 bits per heavy atom. The van der Waals surface area contributed by atoms with Crippen molar-refractivity contribution in [3.05, 3.63) is 0 Å². The fraction of sp³-hybridized carbons (Fsp3) is 0.909. The zero-order valence-corrected chi connectivity index (χ0v) is 10.5. The molecule has 0 aromatic heterocycles. The number of amides is 1. The maximum Gasteiger partial charge on any atom is 0.234 e. The first-order chi connectivity index (χ1) is 6.66. The Morgan fingerprint density at radius 1 is 1.27 bits per heavy atom. The molecule has 4 nitrogen and oxygen atoms in total. The van der Waals surface area contributed by atoms with Crippen LogP contribution in [0, 0.1) is 0 Å². The van der Waals surface area contributed by atoms with Crippen molar-refractivity contribution in [1.29, 1.82) is 0 Å². The number of aliphatic hydroxyl groups is 1. The number of hydrogen-bond acceptors (Lipinski definition) is 3. The average molecular weight is 216 g/mol. The fourth-order valence-electron chi connectivity index (χ4n) is 0.992. The first kappa shape index (κ1) is 14.4. The molecule has 0 aliphatic heterocycles. The van der Waals surface area contributed by atoms with Crippen molar-refractivity contribution in [2.24, 2.45) is 0 Å². The summed E-state index contributed by atoms with van der Waals surface area (Å²) in [5, 5.41) is 15.2. The molecule has 0 radical (unpaired) electrons. The van der Waals surface area contributed by atoms with E-state index in [4.69, 9.17) is 0 Å². The number of hydrogen-bond donors (Lipinski definition) is 3. The van der Waals surface area contributed by atoms with Gasteiger partial charge in [-0.05, 0) is 34.1 Å². The summed E-state index contributed by atoms with van der Waals surface area (Å²) in [4.78, 5) is 11.4. The van der Waals surface area contributed by atoms with Gasteiger partial charge in [-0.2, -0.15) is 0 Å². The van der Waals surface area contributed by atoms with Gasteiger partial charge < -0.3 is 15.7 Å². The molecule has 0 rings (SSSR count). The van der Waals surface area contributed by atoms with Gasteiger partial charge in [0, 0.05) is 12.1 Å². The predicted octanol–water partition coefficient (Wildman–Crippen LogP) is 0.652. The van der Waals surface area contributed by atoms with Crippen molar-refractivity contribution in [3.8, 4) is 0 Å². The van der Waals surface area contributed by atoms with E-state index in [1.807, 2.05) is 20.8 Å². The molecule has 3 N–H and O–H groups in total. The van der Waals surface area contributed by atoms with E-state index in [9.17, 15) is 9.90 Å². The average Bonchev–Trinajstić information content (AvgIpc) is 2.00. The highest BCUT2D eigenvalue weighted by atomic mass is 16.3. The minimum Gasteiger partial charge on any atom is -0.389 e. The van der Waals surface area contributed by atoms with Gasteiger partial charge in [-0.3, -0.25) is 4.79 Å². The molecule has 0 aliphatic rings. The van der Waals surface area contributed by atoms with Gasteiger partial charge in [-0.1, -0.05) is 6.92 Å². The van der Waals surface area contributed by atoms with Crippen molar-refractivity contribution >= 4 is 5.91 Å². The van der Waals surface area contributed by atoms with Gasteiger partial charge in [0.1, 0.15) is 0 Å². The van der Waals surface area contributed by atoms with Crippen molar-refractivity contribution < 1.29 is 9.90 Å². The van der Waals surface area contributed by atoms with Crippen molar-refractivity contribution in [2.75, 3.05) is 13.1 Å². The Kier molecular flexibility index (Phi) is 5.24. The summed E-state index contributed by atoms with van der Waals surface area (Å²) in [6.45, 7) is 10.1. The summed E-state index contributed by atoms with van der Waals surface area (Å²) in [7, 11) is 0. The van der Waals surface area contributed by atoms with Gasteiger partial charge >= 0.3 is 0 Å². The van der Waals surface area contributed by atoms with Gasteiger partial charge in [-0.25, -0.2) is 0 Å². The van der Waals surface area contributed by atoms with Crippen LogP contribution in [0.2, 0.25) is 0 Å². The summed E-state index contributed by atoms with van der Waals surface area (Å²) < 4.78 is 0. The van der Waals surface area contributed by atoms with Crippen LogP contribution < -0.4 is 10.6 Å². The highest BCUT2D eigenvalue weighted by molar-refractivity contribution is 5.78. The number of carbonyl (C=O) groups is 1. The minimum absolute atomic E-state index is 0.0360. The Bertz CT molecular complexity index is 207. The van der Waals surface area contributed by atoms with Crippen molar-refractivity contribution in [1.82, 2.24) is 10.6 Å². The summed E-state index contributed by atoms with van der Waals surface area (Å²) in [6.07, 6.45) is 0.893. The van der Waals surface area contributed by atoms with Crippen molar-refractivity contribution in [2.45, 2.75) is 52.2 Å². The number of carbonyl (C=O) groups excluding carboxylic acids is 1. The zero-order valence-electron chi connectivity index (χ0n) is 10.5. The fourth-order valence-corrected chi connectivity index (χ4v) is 0.992. The van der Waals surface area contributed by atoms with Gasteiger partial charge in [-0.15, -0.1) is 0 Å². The SMILES string of the molecule is CCC(C)(C)NC(=O)CNCC(C)(C)O. The third kappa shape index (κ3) is 8.39. The molecule has 90 valence electrons. The molecule has 0 aromatic rings. The smallest absolute Gasteiger partial charge is 0.234 e. The summed E-state index contributed by atoms with van der Waals surface area (Å²) in [5.74, 6) is -0.0360. The lowest BCUT2D eigenvalue weighted by molar-refractivity contribution is -0.121. The summed E-state index contributed by atoms with van der Waals surface area (Å²) >= 11 is 0. The van der Waals surface area contributed by atoms with Crippen LogP contribution in [-0.4, -0.2) is 35.2 Å². The first-order valence-corrected chi connectivity index (χ1v) is 5.40. The third-order valence-corrected chi connectivity index (χ3v) is 2.20. The van der Waals surface area contributed by atoms with Crippen LogP contribution in [-0.2, 0) is 4.79 Å². The van der Waals surface area contributed by atoms with Crippen LogP contribution in [0.3, 0.4) is 0 Å². The molecule has 0 heterocycles. The zero-order chi connectivity index (χ0) is 12.1. The minimum atomic E-state index is -0.777. The second-order valence-electron chi connectivity index (χ2n) is 5.20. The molecule has 0 bridgehead atoms. The van der Waals surface area contributed by atoms with E-state index in [-0.39, 0.29) is 18.0 Å². The predicted molar refractivity (Wildman–Crippen MR) is 61.7 cm³/mol. The van der Waals surface area contributed by atoms with Crippen LogP contribution in [0.25, 0.3) is 0 Å². The maximum absolute atomic E-state index is 11.4. The van der Waals surface area contributed by atoms with E-state index in [0.717, 1.165) is 6.42 Å². The molecule has 0 aliphatic carbocycles. The highest BCUT2D eigenvalue weighted by Crippen LogP contribution is 2.05. The number of nitrogens with one attached hydrogen (secondary N) is 2. The molecular formula is C11H24N2O2. The van der Waals surface area contributed by atoms with E-state index in [1.54, 1.807) is 13.8 Å². The van der Waals surface area contributed by atoms with Crippen LogP contribution in [0.5, 0.6) is 0 Å². The lowest BCUT2D eigenvalue weighted by atomic mass is 10.0. The maximum atomic E-state index is 11.4. The van der Waals surface area contributed by atoms with Gasteiger partial charge in [0.25, 0.3) is 0 Å². The number of rotatable bonds is 6. The van der Waals surface area contributed by atoms with Crippen LogP contribution >= 0.6 is 0 Å². The molecule has 1 amide bonds. The van der Waals surface area contributed by atoms with Crippen molar-refractivity contribution in [3.63, 3.8) is 0 Å². The molecule has 0 fully saturated rings. The normalized spacial score (nSPS) is 12.7. The molecule has 0 saturated carbocycles. The second-order valence-corrected chi connectivity index (χ2v) is 5.20. The lowest BCUT2D eigenvalue weighted by Gasteiger charge is -2.25. The molecule has 15 heavy (non-hydrogen) atoms. The Morgan fingerprint density at radius 2 is 1.80 bits per heavy atom. The van der Waals surface area contributed by atoms with E-state index in [1.165, 1.54) is 0 Å². The van der Waals surface area contributed by atoms with E-state index in [0.29, 0.717) is 6.54 Å². The molecule has 0 unspecified atom stereocenters. The van der Waals surface area contributed by atoms with E-state index in [2.05, 4.69) is 10.6 Å².